The number of carbonyl (C=O) groups excluding carboxylic acids is 1. The van der Waals surface area contributed by atoms with Gasteiger partial charge in [0.1, 0.15) is 0 Å². The van der Waals surface area contributed by atoms with Crippen LogP contribution in [0.1, 0.15) is 28.8 Å². The van der Waals surface area contributed by atoms with Crippen molar-refractivity contribution in [2.45, 2.75) is 25.8 Å². The third-order valence-corrected chi connectivity index (χ3v) is 3.59. The zero-order valence-corrected chi connectivity index (χ0v) is 9.69. The molecule has 1 aliphatic rings. The maximum Gasteiger partial charge on any atom is 0.252 e. The number of amides is 1. The quantitative estimate of drug-likeness (QED) is 0.800. The van der Waals surface area contributed by atoms with Gasteiger partial charge in [0.15, 0.2) is 0 Å². The number of carbonyl (C=O) groups is 1. The molecular weight excluding hydrogens is 208 g/mol. The number of rotatable bonds is 2. The fourth-order valence-electron chi connectivity index (χ4n) is 1.83. The SMILES string of the molecule is Cc1cscc1C(=O)NC1CCCNC1. The molecule has 1 amide bonds. The summed E-state index contributed by atoms with van der Waals surface area (Å²) in [7, 11) is 0. The molecule has 0 aromatic carbocycles. The monoisotopic (exact) mass is 224 g/mol. The molecule has 1 saturated heterocycles. The Morgan fingerprint density at radius 2 is 2.47 bits per heavy atom. The Morgan fingerprint density at radius 1 is 1.60 bits per heavy atom. The van der Waals surface area contributed by atoms with Gasteiger partial charge in [0.05, 0.1) is 5.56 Å². The molecule has 0 radical (unpaired) electrons. The fourth-order valence-corrected chi connectivity index (χ4v) is 2.66. The van der Waals surface area contributed by atoms with Gasteiger partial charge in [0, 0.05) is 18.0 Å². The highest BCUT2D eigenvalue weighted by Crippen LogP contribution is 2.14. The summed E-state index contributed by atoms with van der Waals surface area (Å²) in [6, 6.07) is 0.297. The van der Waals surface area contributed by atoms with E-state index in [2.05, 4.69) is 10.6 Å². The minimum atomic E-state index is 0.0717. The van der Waals surface area contributed by atoms with Gasteiger partial charge in [-0.25, -0.2) is 0 Å². The zero-order valence-electron chi connectivity index (χ0n) is 8.88. The molecule has 0 saturated carbocycles. The van der Waals surface area contributed by atoms with Crippen LogP contribution in [0.3, 0.4) is 0 Å². The maximum atomic E-state index is 11.9. The maximum absolute atomic E-state index is 11.9. The molecule has 82 valence electrons. The number of nitrogens with one attached hydrogen (secondary N) is 2. The van der Waals surface area contributed by atoms with E-state index in [0.29, 0.717) is 6.04 Å². The Hall–Kier alpha value is -0.870. The predicted molar refractivity (Wildman–Crippen MR) is 62.4 cm³/mol. The molecule has 1 aromatic rings. The topological polar surface area (TPSA) is 41.1 Å². The smallest absolute Gasteiger partial charge is 0.252 e. The zero-order chi connectivity index (χ0) is 10.7. The highest BCUT2D eigenvalue weighted by Gasteiger charge is 2.17. The van der Waals surface area contributed by atoms with E-state index in [9.17, 15) is 4.79 Å². The average Bonchev–Trinajstić information content (AvgIpc) is 2.66. The molecule has 3 nitrogen and oxygen atoms in total. The lowest BCUT2D eigenvalue weighted by Gasteiger charge is -2.23. The van der Waals surface area contributed by atoms with Crippen molar-refractivity contribution in [1.82, 2.24) is 10.6 Å². The first-order chi connectivity index (χ1) is 7.27. The van der Waals surface area contributed by atoms with E-state index in [0.717, 1.165) is 37.1 Å². The van der Waals surface area contributed by atoms with Crippen molar-refractivity contribution in [3.63, 3.8) is 0 Å². The number of hydrogen-bond acceptors (Lipinski definition) is 3. The Morgan fingerprint density at radius 3 is 3.07 bits per heavy atom. The Bertz CT molecular complexity index is 342. The largest absolute Gasteiger partial charge is 0.348 e. The number of aryl methyl sites for hydroxylation is 1. The molecule has 1 fully saturated rings. The molecule has 2 N–H and O–H groups in total. The van der Waals surface area contributed by atoms with Crippen molar-refractivity contribution in [3.8, 4) is 0 Å². The van der Waals surface area contributed by atoms with Crippen LogP contribution < -0.4 is 10.6 Å². The molecule has 1 atom stereocenters. The van der Waals surface area contributed by atoms with Crippen LogP contribution in [0.5, 0.6) is 0 Å². The van der Waals surface area contributed by atoms with Crippen molar-refractivity contribution in [3.05, 3.63) is 21.9 Å². The summed E-state index contributed by atoms with van der Waals surface area (Å²) in [5, 5.41) is 10.3. The molecule has 0 aliphatic carbocycles. The lowest BCUT2D eigenvalue weighted by atomic mass is 10.1. The van der Waals surface area contributed by atoms with E-state index in [-0.39, 0.29) is 5.91 Å². The summed E-state index contributed by atoms with van der Waals surface area (Å²) < 4.78 is 0. The van der Waals surface area contributed by atoms with Gasteiger partial charge in [-0.1, -0.05) is 0 Å². The van der Waals surface area contributed by atoms with Gasteiger partial charge in [-0.2, -0.15) is 11.3 Å². The standard InChI is InChI=1S/C11H16N2OS/c1-8-6-15-7-10(8)11(14)13-9-3-2-4-12-5-9/h6-7,9,12H,2-5H2,1H3,(H,13,14). The van der Waals surface area contributed by atoms with Gasteiger partial charge in [-0.3, -0.25) is 4.79 Å². The van der Waals surface area contributed by atoms with Gasteiger partial charge in [-0.15, -0.1) is 0 Å². The van der Waals surface area contributed by atoms with Gasteiger partial charge in [-0.05, 0) is 37.3 Å². The molecule has 2 rings (SSSR count). The van der Waals surface area contributed by atoms with Crippen LogP contribution in [-0.2, 0) is 0 Å². The van der Waals surface area contributed by atoms with E-state index >= 15 is 0 Å². The molecule has 0 bridgehead atoms. The highest BCUT2D eigenvalue weighted by atomic mass is 32.1. The van der Waals surface area contributed by atoms with Crippen molar-refractivity contribution in [1.29, 1.82) is 0 Å². The first-order valence-corrected chi connectivity index (χ1v) is 6.26. The Labute approximate surface area is 93.9 Å². The van der Waals surface area contributed by atoms with Crippen LogP contribution in [0.25, 0.3) is 0 Å². The van der Waals surface area contributed by atoms with E-state index < -0.39 is 0 Å². The van der Waals surface area contributed by atoms with Crippen LogP contribution >= 0.6 is 11.3 Å². The summed E-state index contributed by atoms with van der Waals surface area (Å²) in [6.45, 7) is 3.95. The Kier molecular flexibility index (Phi) is 3.38. The van der Waals surface area contributed by atoms with E-state index in [1.165, 1.54) is 0 Å². The minimum absolute atomic E-state index is 0.0717. The fraction of sp³-hybridized carbons (Fsp3) is 0.545. The Balaban J connectivity index is 1.94. The third-order valence-electron chi connectivity index (χ3n) is 2.73. The van der Waals surface area contributed by atoms with Gasteiger partial charge < -0.3 is 10.6 Å². The second-order valence-corrected chi connectivity index (χ2v) is 4.73. The van der Waals surface area contributed by atoms with Gasteiger partial charge in [0.25, 0.3) is 5.91 Å². The van der Waals surface area contributed by atoms with E-state index in [4.69, 9.17) is 0 Å². The van der Waals surface area contributed by atoms with Crippen molar-refractivity contribution < 1.29 is 4.79 Å². The molecule has 4 heteroatoms. The predicted octanol–water partition coefficient (Wildman–Crippen LogP) is 1.54. The molecular formula is C11H16N2OS. The van der Waals surface area contributed by atoms with Gasteiger partial charge in [0.2, 0.25) is 0 Å². The van der Waals surface area contributed by atoms with E-state index in [1.807, 2.05) is 17.7 Å². The number of piperidine rings is 1. The third kappa shape index (κ3) is 2.58. The molecule has 1 aliphatic heterocycles. The van der Waals surface area contributed by atoms with Crippen molar-refractivity contribution in [2.75, 3.05) is 13.1 Å². The first kappa shape index (κ1) is 10.6. The summed E-state index contributed by atoms with van der Waals surface area (Å²) >= 11 is 1.58. The summed E-state index contributed by atoms with van der Waals surface area (Å²) in [5.41, 5.74) is 1.90. The van der Waals surface area contributed by atoms with Crippen molar-refractivity contribution >= 4 is 17.2 Å². The van der Waals surface area contributed by atoms with Crippen LogP contribution in [0, 0.1) is 6.92 Å². The lowest BCUT2D eigenvalue weighted by Crippen LogP contribution is -2.45. The second-order valence-electron chi connectivity index (χ2n) is 3.99. The summed E-state index contributed by atoms with van der Waals surface area (Å²) in [5.74, 6) is 0.0717. The van der Waals surface area contributed by atoms with Crippen LogP contribution in [0.4, 0.5) is 0 Å². The van der Waals surface area contributed by atoms with Crippen LogP contribution in [-0.4, -0.2) is 25.0 Å². The molecule has 1 unspecified atom stereocenters. The summed E-state index contributed by atoms with van der Waals surface area (Å²) in [4.78, 5) is 11.9. The lowest BCUT2D eigenvalue weighted by molar-refractivity contribution is 0.0930. The van der Waals surface area contributed by atoms with Crippen molar-refractivity contribution in [2.24, 2.45) is 0 Å². The van der Waals surface area contributed by atoms with Crippen LogP contribution in [0.15, 0.2) is 10.8 Å². The molecule has 1 aromatic heterocycles. The van der Waals surface area contributed by atoms with Gasteiger partial charge >= 0.3 is 0 Å². The molecule has 0 spiro atoms. The number of thiophene rings is 1. The molecule has 2 heterocycles. The minimum Gasteiger partial charge on any atom is -0.348 e. The van der Waals surface area contributed by atoms with E-state index in [1.54, 1.807) is 11.3 Å². The number of hydrogen-bond donors (Lipinski definition) is 2. The second kappa shape index (κ2) is 4.77. The summed E-state index contributed by atoms with van der Waals surface area (Å²) in [6.07, 6.45) is 2.23. The average molecular weight is 224 g/mol. The van der Waals surface area contributed by atoms with Crippen LogP contribution in [0.2, 0.25) is 0 Å². The first-order valence-electron chi connectivity index (χ1n) is 5.32. The normalized spacial score (nSPS) is 21.3. The molecule has 15 heavy (non-hydrogen) atoms. The highest BCUT2D eigenvalue weighted by molar-refractivity contribution is 7.08.